The van der Waals surface area contributed by atoms with Gasteiger partial charge in [-0.2, -0.15) is 0 Å². The maximum atomic E-state index is 11.5. The molecule has 1 aliphatic heterocycles. The lowest BCUT2D eigenvalue weighted by Gasteiger charge is -2.35. The number of nitrogens with one attached hydrogen (secondary N) is 1. The van der Waals surface area contributed by atoms with Crippen molar-refractivity contribution >= 4 is 5.91 Å². The van der Waals surface area contributed by atoms with Crippen LogP contribution in [0.5, 0.6) is 0 Å². The van der Waals surface area contributed by atoms with Crippen LogP contribution in [0.2, 0.25) is 0 Å². The summed E-state index contributed by atoms with van der Waals surface area (Å²) >= 11 is 0. The van der Waals surface area contributed by atoms with Gasteiger partial charge in [0.15, 0.2) is 0 Å². The Morgan fingerprint density at radius 3 is 2.46 bits per heavy atom. The number of nitrogens with zero attached hydrogens (tertiary/aromatic N) is 1. The lowest BCUT2D eigenvalue weighted by atomic mass is 10.1. The van der Waals surface area contributed by atoms with E-state index in [4.69, 9.17) is 0 Å². The summed E-state index contributed by atoms with van der Waals surface area (Å²) in [7, 11) is 0. The highest BCUT2D eigenvalue weighted by atomic mass is 16.2. The van der Waals surface area contributed by atoms with Crippen molar-refractivity contribution in [2.45, 2.75) is 33.7 Å². The van der Waals surface area contributed by atoms with E-state index in [0.29, 0.717) is 6.04 Å². The maximum Gasteiger partial charge on any atom is 0.267 e. The Bertz CT molecular complexity index is 239. The number of hydrogen-bond donors (Lipinski definition) is 1. The predicted octanol–water partition coefficient (Wildman–Crippen LogP) is 1.12. The standard InChI is InChI=1S/C10H18N2O/c1-7(2)9-10(13)11-5-6-12(9)8(3)4/h8H,5-6H2,1-4H3,(H,11,13). The molecule has 1 heterocycles. The summed E-state index contributed by atoms with van der Waals surface area (Å²) in [6.07, 6.45) is 0. The Morgan fingerprint density at radius 1 is 1.46 bits per heavy atom. The molecule has 74 valence electrons. The third-order valence-electron chi connectivity index (χ3n) is 2.24. The van der Waals surface area contributed by atoms with Crippen molar-refractivity contribution in [3.8, 4) is 0 Å². The zero-order chi connectivity index (χ0) is 10.0. The fourth-order valence-corrected chi connectivity index (χ4v) is 1.65. The Morgan fingerprint density at radius 2 is 2.08 bits per heavy atom. The van der Waals surface area contributed by atoms with Crippen molar-refractivity contribution in [2.75, 3.05) is 13.1 Å². The summed E-state index contributed by atoms with van der Waals surface area (Å²) in [6.45, 7) is 9.87. The van der Waals surface area contributed by atoms with E-state index in [0.717, 1.165) is 24.4 Å². The van der Waals surface area contributed by atoms with E-state index in [1.807, 2.05) is 13.8 Å². The molecule has 1 rings (SSSR count). The molecule has 0 saturated carbocycles. The molecule has 0 aromatic rings. The van der Waals surface area contributed by atoms with Gasteiger partial charge >= 0.3 is 0 Å². The van der Waals surface area contributed by atoms with Gasteiger partial charge in [0.05, 0.1) is 0 Å². The van der Waals surface area contributed by atoms with Crippen molar-refractivity contribution in [3.05, 3.63) is 11.3 Å². The van der Waals surface area contributed by atoms with E-state index in [-0.39, 0.29) is 5.91 Å². The number of hydrogen-bond acceptors (Lipinski definition) is 2. The topological polar surface area (TPSA) is 32.3 Å². The second-order valence-electron chi connectivity index (χ2n) is 3.89. The summed E-state index contributed by atoms with van der Waals surface area (Å²) in [5.41, 5.74) is 1.94. The molecule has 3 nitrogen and oxygen atoms in total. The molecule has 0 aromatic carbocycles. The van der Waals surface area contributed by atoms with E-state index in [1.54, 1.807) is 0 Å². The van der Waals surface area contributed by atoms with Crippen LogP contribution in [0.25, 0.3) is 0 Å². The summed E-state index contributed by atoms with van der Waals surface area (Å²) in [5, 5.41) is 2.86. The van der Waals surface area contributed by atoms with E-state index in [9.17, 15) is 4.79 Å². The van der Waals surface area contributed by atoms with E-state index in [2.05, 4.69) is 24.1 Å². The van der Waals surface area contributed by atoms with Gasteiger partial charge < -0.3 is 10.2 Å². The molecular weight excluding hydrogens is 164 g/mol. The third kappa shape index (κ3) is 2.02. The maximum absolute atomic E-state index is 11.5. The first-order valence-electron chi connectivity index (χ1n) is 4.76. The fraction of sp³-hybridized carbons (Fsp3) is 0.700. The first kappa shape index (κ1) is 10.1. The van der Waals surface area contributed by atoms with Gasteiger partial charge in [-0.3, -0.25) is 4.79 Å². The van der Waals surface area contributed by atoms with Gasteiger partial charge in [0, 0.05) is 19.1 Å². The van der Waals surface area contributed by atoms with Crippen molar-refractivity contribution in [1.29, 1.82) is 0 Å². The molecule has 0 radical (unpaired) electrons. The van der Waals surface area contributed by atoms with E-state index < -0.39 is 0 Å². The van der Waals surface area contributed by atoms with Crippen molar-refractivity contribution < 1.29 is 4.79 Å². The fourth-order valence-electron chi connectivity index (χ4n) is 1.65. The summed E-state index contributed by atoms with van der Waals surface area (Å²) < 4.78 is 0. The first-order valence-corrected chi connectivity index (χ1v) is 4.76. The summed E-state index contributed by atoms with van der Waals surface area (Å²) in [4.78, 5) is 13.7. The molecule has 0 atom stereocenters. The van der Waals surface area contributed by atoms with Crippen molar-refractivity contribution in [1.82, 2.24) is 10.2 Å². The number of piperazine rings is 1. The minimum Gasteiger partial charge on any atom is -0.363 e. The van der Waals surface area contributed by atoms with E-state index >= 15 is 0 Å². The lowest BCUT2D eigenvalue weighted by Crippen LogP contribution is -2.48. The van der Waals surface area contributed by atoms with Crippen LogP contribution in [0.4, 0.5) is 0 Å². The summed E-state index contributed by atoms with van der Waals surface area (Å²) in [5.74, 6) is 0.0694. The molecule has 1 aliphatic rings. The van der Waals surface area contributed by atoms with Crippen LogP contribution in [0, 0.1) is 0 Å². The molecule has 0 bridgehead atoms. The van der Waals surface area contributed by atoms with Gasteiger partial charge in [0.2, 0.25) is 0 Å². The highest BCUT2D eigenvalue weighted by Gasteiger charge is 2.24. The Balaban J connectivity index is 2.94. The van der Waals surface area contributed by atoms with Gasteiger partial charge in [0.1, 0.15) is 5.70 Å². The van der Waals surface area contributed by atoms with Gasteiger partial charge in [-0.25, -0.2) is 0 Å². The lowest BCUT2D eigenvalue weighted by molar-refractivity contribution is -0.120. The molecule has 0 spiro atoms. The van der Waals surface area contributed by atoms with Crippen LogP contribution in [-0.4, -0.2) is 29.9 Å². The van der Waals surface area contributed by atoms with Gasteiger partial charge in [-0.15, -0.1) is 0 Å². The minimum absolute atomic E-state index is 0.0694. The number of allylic oxidation sites excluding steroid dienone is 1. The third-order valence-corrected chi connectivity index (χ3v) is 2.24. The Hall–Kier alpha value is -0.990. The average Bonchev–Trinajstić information content (AvgIpc) is 2.02. The largest absolute Gasteiger partial charge is 0.363 e. The van der Waals surface area contributed by atoms with Gasteiger partial charge in [-0.05, 0) is 33.3 Å². The van der Waals surface area contributed by atoms with Crippen LogP contribution in [0.15, 0.2) is 11.3 Å². The number of carbonyl (C=O) groups is 1. The normalized spacial score (nSPS) is 17.8. The monoisotopic (exact) mass is 182 g/mol. The van der Waals surface area contributed by atoms with Crippen LogP contribution in [0.3, 0.4) is 0 Å². The molecule has 3 heteroatoms. The van der Waals surface area contributed by atoms with Gasteiger partial charge in [-0.1, -0.05) is 0 Å². The zero-order valence-corrected chi connectivity index (χ0v) is 8.85. The Labute approximate surface area is 79.8 Å². The molecule has 0 unspecified atom stereocenters. The van der Waals surface area contributed by atoms with Gasteiger partial charge in [0.25, 0.3) is 5.91 Å². The number of amides is 1. The predicted molar refractivity (Wildman–Crippen MR) is 53.2 cm³/mol. The van der Waals surface area contributed by atoms with Crippen LogP contribution >= 0.6 is 0 Å². The smallest absolute Gasteiger partial charge is 0.267 e. The van der Waals surface area contributed by atoms with Crippen molar-refractivity contribution in [3.63, 3.8) is 0 Å². The zero-order valence-electron chi connectivity index (χ0n) is 8.85. The number of rotatable bonds is 1. The minimum atomic E-state index is 0.0694. The molecule has 1 saturated heterocycles. The summed E-state index contributed by atoms with van der Waals surface area (Å²) in [6, 6.07) is 0.399. The van der Waals surface area contributed by atoms with E-state index in [1.165, 1.54) is 0 Å². The SMILES string of the molecule is CC(C)=C1C(=O)NCCN1C(C)C. The first-order chi connectivity index (χ1) is 6.04. The quantitative estimate of drug-likeness (QED) is 0.616. The second kappa shape index (κ2) is 3.81. The highest BCUT2D eigenvalue weighted by Crippen LogP contribution is 2.16. The highest BCUT2D eigenvalue weighted by molar-refractivity contribution is 5.94. The molecule has 1 amide bonds. The van der Waals surface area contributed by atoms with Crippen LogP contribution in [-0.2, 0) is 4.79 Å². The molecule has 13 heavy (non-hydrogen) atoms. The number of carbonyl (C=O) groups excluding carboxylic acids is 1. The second-order valence-corrected chi connectivity index (χ2v) is 3.89. The molecule has 0 aromatic heterocycles. The van der Waals surface area contributed by atoms with Crippen LogP contribution < -0.4 is 5.32 Å². The van der Waals surface area contributed by atoms with Crippen molar-refractivity contribution in [2.24, 2.45) is 0 Å². The van der Waals surface area contributed by atoms with Crippen LogP contribution in [0.1, 0.15) is 27.7 Å². The Kier molecular flexibility index (Phi) is 2.96. The molecule has 1 fully saturated rings. The molecule has 1 N–H and O–H groups in total. The molecule has 0 aliphatic carbocycles. The average molecular weight is 182 g/mol. The molecular formula is C10H18N2O.